The molecular formula is C35H48F8O5S. The maximum Gasteiger partial charge on any atom is 0.435 e. The van der Waals surface area contributed by atoms with Crippen molar-refractivity contribution < 1.29 is 58.2 Å². The van der Waals surface area contributed by atoms with Gasteiger partial charge in [-0.15, -0.1) is 0 Å². The van der Waals surface area contributed by atoms with Crippen molar-refractivity contribution in [1.82, 2.24) is 0 Å². The molecule has 0 aromatic heterocycles. The highest BCUT2D eigenvalue weighted by molar-refractivity contribution is 7.92. The van der Waals surface area contributed by atoms with Gasteiger partial charge in [0, 0.05) is 18.1 Å². The van der Waals surface area contributed by atoms with Crippen molar-refractivity contribution in [3.05, 3.63) is 65.0 Å². The second-order valence-corrected chi connectivity index (χ2v) is 13.5. The SMILES string of the molecule is C=O.CC.CCCC(C=O)CCCO.CCCC1CCc2cc(C(F)(C(F)(F)F)C(F)(F)F)ccc2C1(CC)S(=O)(=O)c1ccc(F)cc1. The number of rotatable bonds is 12. The smallest absolute Gasteiger partial charge is 0.396 e. The Kier molecular flexibility index (Phi) is 18.9. The van der Waals surface area contributed by atoms with Crippen LogP contribution in [0.25, 0.3) is 0 Å². The number of carbonyl (C=O) groups excluding carboxylic acids is 2. The van der Waals surface area contributed by atoms with E-state index in [9.17, 15) is 48.3 Å². The zero-order chi connectivity index (χ0) is 38.3. The van der Waals surface area contributed by atoms with Gasteiger partial charge < -0.3 is 14.7 Å². The van der Waals surface area contributed by atoms with E-state index < -0.39 is 49.9 Å². The van der Waals surface area contributed by atoms with E-state index in [0.717, 1.165) is 62.3 Å². The van der Waals surface area contributed by atoms with Gasteiger partial charge in [-0.2, -0.15) is 26.3 Å². The molecule has 1 aliphatic rings. The van der Waals surface area contributed by atoms with E-state index in [1.807, 2.05) is 27.6 Å². The number of halogens is 8. The van der Waals surface area contributed by atoms with E-state index in [1.54, 1.807) is 6.92 Å². The average Bonchev–Trinajstić information content (AvgIpc) is 3.07. The monoisotopic (exact) mass is 732 g/mol. The molecule has 0 spiro atoms. The van der Waals surface area contributed by atoms with Gasteiger partial charge in [0.05, 0.1) is 4.90 Å². The van der Waals surface area contributed by atoms with Gasteiger partial charge >= 0.3 is 18.0 Å². The average molecular weight is 733 g/mol. The largest absolute Gasteiger partial charge is 0.435 e. The van der Waals surface area contributed by atoms with Gasteiger partial charge in [0.15, 0.2) is 9.84 Å². The summed E-state index contributed by atoms with van der Waals surface area (Å²) in [5.41, 5.74) is -7.29. The number of carbonyl (C=O) groups is 2. The normalized spacial score (nSPS) is 18.3. The van der Waals surface area contributed by atoms with Crippen molar-refractivity contribution in [1.29, 1.82) is 0 Å². The van der Waals surface area contributed by atoms with Gasteiger partial charge in [-0.3, -0.25) is 0 Å². The zero-order valence-electron chi connectivity index (χ0n) is 28.6. The first kappa shape index (κ1) is 46.1. The lowest BCUT2D eigenvalue weighted by Gasteiger charge is -2.45. The molecule has 14 heteroatoms. The first-order chi connectivity index (χ1) is 22.9. The summed E-state index contributed by atoms with van der Waals surface area (Å²) < 4.78 is 134. The van der Waals surface area contributed by atoms with Gasteiger partial charge in [-0.05, 0) is 86.3 Å². The second-order valence-electron chi connectivity index (χ2n) is 11.3. The first-order valence-electron chi connectivity index (χ1n) is 16.2. The van der Waals surface area contributed by atoms with Gasteiger partial charge in [-0.25, -0.2) is 17.2 Å². The summed E-state index contributed by atoms with van der Waals surface area (Å²) in [7, 11) is -4.29. The molecule has 3 atom stereocenters. The van der Waals surface area contributed by atoms with Crippen molar-refractivity contribution >= 4 is 22.9 Å². The summed E-state index contributed by atoms with van der Waals surface area (Å²) in [5, 5.41) is 8.46. The molecule has 1 aliphatic carbocycles. The number of aldehydes is 1. The van der Waals surface area contributed by atoms with Crippen LogP contribution in [0.5, 0.6) is 0 Å². The second kappa shape index (κ2) is 20.1. The van der Waals surface area contributed by atoms with Crippen LogP contribution in [0.1, 0.15) is 103 Å². The summed E-state index contributed by atoms with van der Waals surface area (Å²) in [5.74, 6) is -1.00. The van der Waals surface area contributed by atoms with Crippen LogP contribution in [0, 0.1) is 17.7 Å². The predicted molar refractivity (Wildman–Crippen MR) is 173 cm³/mol. The van der Waals surface area contributed by atoms with E-state index in [2.05, 4.69) is 6.92 Å². The maximum absolute atomic E-state index is 14.7. The Morgan fingerprint density at radius 2 is 1.47 bits per heavy atom. The fourth-order valence-corrected chi connectivity index (χ4v) is 8.74. The van der Waals surface area contributed by atoms with Crippen LogP contribution < -0.4 is 0 Å². The number of aliphatic hydroxyl groups is 1. The molecule has 0 amide bonds. The molecule has 0 heterocycles. The molecule has 2 aromatic carbocycles. The van der Waals surface area contributed by atoms with E-state index in [4.69, 9.17) is 9.90 Å². The standard InChI is InChI=1S/C24H24F8O2S.C8H16O2.C2H6.CH2O/c1-3-5-16-7-6-15-14-17(22(26,23(27,28)29)24(30,31)32)8-13-20(15)21(16,4-2)35(33,34)19-11-9-18(25)10-12-19;1-2-4-8(7-10)5-3-6-9;2*1-2/h8-14,16H,3-7H2,1-2H3;7-9H,2-6H2,1H3;1-2H3;1H2. The third-order valence-electron chi connectivity index (χ3n) is 8.51. The summed E-state index contributed by atoms with van der Waals surface area (Å²) in [6, 6.07) is 5.82. The number of alkyl halides is 7. The minimum Gasteiger partial charge on any atom is -0.396 e. The van der Waals surface area contributed by atoms with Crippen molar-refractivity contribution in [2.24, 2.45) is 11.8 Å². The highest BCUT2D eigenvalue weighted by Crippen LogP contribution is 2.56. The van der Waals surface area contributed by atoms with Crippen LogP contribution in [-0.2, 0) is 36.3 Å². The van der Waals surface area contributed by atoms with Crippen molar-refractivity contribution in [3.8, 4) is 0 Å². The fraction of sp³-hybridized carbons (Fsp3) is 0.600. The molecule has 0 aliphatic heterocycles. The zero-order valence-corrected chi connectivity index (χ0v) is 29.4. The van der Waals surface area contributed by atoms with E-state index in [-0.39, 0.29) is 47.8 Å². The van der Waals surface area contributed by atoms with E-state index in [0.29, 0.717) is 25.0 Å². The lowest BCUT2D eigenvalue weighted by molar-refractivity contribution is -0.348. The highest BCUT2D eigenvalue weighted by Gasteiger charge is 2.73. The number of sulfone groups is 1. The molecule has 5 nitrogen and oxygen atoms in total. The topological polar surface area (TPSA) is 88.5 Å². The van der Waals surface area contributed by atoms with Gasteiger partial charge in [0.2, 0.25) is 0 Å². The Morgan fingerprint density at radius 1 is 0.918 bits per heavy atom. The number of hydrogen-bond acceptors (Lipinski definition) is 5. The van der Waals surface area contributed by atoms with Crippen LogP contribution in [0.15, 0.2) is 47.4 Å². The van der Waals surface area contributed by atoms with Crippen LogP contribution >= 0.6 is 0 Å². The van der Waals surface area contributed by atoms with Crippen LogP contribution in [0.2, 0.25) is 0 Å². The summed E-state index contributed by atoms with van der Waals surface area (Å²) >= 11 is 0. The molecule has 0 saturated heterocycles. The molecule has 3 rings (SSSR count). The molecule has 0 bridgehead atoms. The van der Waals surface area contributed by atoms with Gasteiger partial charge in [0.25, 0.3) is 0 Å². The van der Waals surface area contributed by atoms with Crippen LogP contribution in [0.4, 0.5) is 35.1 Å². The molecule has 0 saturated carbocycles. The molecule has 0 fully saturated rings. The Balaban J connectivity index is 0.00000140. The number of hydrogen-bond donors (Lipinski definition) is 1. The number of benzene rings is 2. The molecule has 3 unspecified atom stereocenters. The number of aliphatic hydroxyl groups excluding tert-OH is 1. The Bertz CT molecular complexity index is 1360. The molecule has 49 heavy (non-hydrogen) atoms. The summed E-state index contributed by atoms with van der Waals surface area (Å²) in [6.45, 7) is 11.7. The van der Waals surface area contributed by atoms with E-state index >= 15 is 0 Å². The van der Waals surface area contributed by atoms with Crippen molar-refractivity contribution in [3.63, 3.8) is 0 Å². The molecule has 0 radical (unpaired) electrons. The quantitative estimate of drug-likeness (QED) is 0.133. The van der Waals surface area contributed by atoms with Crippen LogP contribution in [-0.4, -0.2) is 45.6 Å². The van der Waals surface area contributed by atoms with Crippen molar-refractivity contribution in [2.45, 2.75) is 120 Å². The van der Waals surface area contributed by atoms with E-state index in [1.165, 1.54) is 0 Å². The molecule has 1 N–H and O–H groups in total. The lowest BCUT2D eigenvalue weighted by atomic mass is 9.70. The molecular weight excluding hydrogens is 684 g/mol. The fourth-order valence-electron chi connectivity index (χ4n) is 6.29. The lowest BCUT2D eigenvalue weighted by Crippen LogP contribution is -2.51. The summed E-state index contributed by atoms with van der Waals surface area (Å²) in [4.78, 5) is 18.1. The van der Waals surface area contributed by atoms with Crippen molar-refractivity contribution in [2.75, 3.05) is 6.61 Å². The molecule has 2 aromatic rings. The Morgan fingerprint density at radius 3 is 1.90 bits per heavy atom. The third kappa shape index (κ3) is 10.1. The number of fused-ring (bicyclic) bond motifs is 1. The summed E-state index contributed by atoms with van der Waals surface area (Å²) in [6.07, 6.45) is -6.84. The van der Waals surface area contributed by atoms with Crippen LogP contribution in [0.3, 0.4) is 0 Å². The highest BCUT2D eigenvalue weighted by atomic mass is 32.2. The Hall–Kier alpha value is -2.87. The van der Waals surface area contributed by atoms with Gasteiger partial charge in [-0.1, -0.05) is 65.7 Å². The molecule has 280 valence electrons. The van der Waals surface area contributed by atoms with Gasteiger partial charge in [0.1, 0.15) is 23.6 Å². The minimum atomic E-state index is -6.28. The maximum atomic E-state index is 14.7. The number of aryl methyl sites for hydroxylation is 1. The first-order valence-corrected chi connectivity index (χ1v) is 17.7. The predicted octanol–water partition coefficient (Wildman–Crippen LogP) is 9.77. The Labute approximate surface area is 284 Å². The minimum absolute atomic E-state index is 0.0136. The third-order valence-corrected chi connectivity index (χ3v) is 11.2.